The summed E-state index contributed by atoms with van der Waals surface area (Å²) < 4.78 is 42.4. The van der Waals surface area contributed by atoms with Crippen molar-refractivity contribution in [2.45, 2.75) is 32.1 Å². The number of carbonyl (C=O) groups is 1. The van der Waals surface area contributed by atoms with Gasteiger partial charge in [0.2, 0.25) is 0 Å². The van der Waals surface area contributed by atoms with E-state index in [1.807, 2.05) is 42.6 Å². The molecule has 1 aliphatic rings. The zero-order chi connectivity index (χ0) is 27.9. The third-order valence-electron chi connectivity index (χ3n) is 7.17. The van der Waals surface area contributed by atoms with E-state index >= 15 is 0 Å². The highest BCUT2D eigenvalue weighted by molar-refractivity contribution is 7.08. The SMILES string of the molecule is C[C@@H]1CN(c2ccc(C(=O)Nc3ccc(Cl)c(-c4ncc(-c5ccsc5)[nH]4)c3)c(C(F)(F)F)c2)C[C@H](C)N1C.Cl.Cl. The van der Waals surface area contributed by atoms with Crippen molar-refractivity contribution in [3.63, 3.8) is 0 Å². The third kappa shape index (κ3) is 7.01. The predicted molar refractivity (Wildman–Crippen MR) is 165 cm³/mol. The molecule has 41 heavy (non-hydrogen) atoms. The summed E-state index contributed by atoms with van der Waals surface area (Å²) in [5.74, 6) is -0.381. The van der Waals surface area contributed by atoms with Gasteiger partial charge in [-0.05, 0) is 68.7 Å². The molecule has 2 aromatic carbocycles. The van der Waals surface area contributed by atoms with Crippen LogP contribution in [0.5, 0.6) is 0 Å². The predicted octanol–water partition coefficient (Wildman–Crippen LogP) is 8.10. The Kier molecular flexibility index (Phi) is 10.4. The molecule has 1 saturated heterocycles. The molecular formula is C28H29Cl3F3N5OS. The van der Waals surface area contributed by atoms with Crippen LogP contribution in [-0.4, -0.2) is 53.0 Å². The standard InChI is InChI=1S/C28H27ClF3N5OS.2ClH/c1-16-13-37(14-17(2)36(16)3)20-5-6-21(23(11-20)28(30,31)32)27(38)34-19-4-7-24(29)22(10-19)26-33-12-25(35-26)18-8-9-39-15-18;;/h4-12,15-17H,13-14H2,1-3H3,(H,33,35)(H,34,38);2*1H/t16-,17+;;. The number of thiophene rings is 1. The van der Waals surface area contributed by atoms with E-state index in [-0.39, 0.29) is 36.9 Å². The molecule has 0 unspecified atom stereocenters. The van der Waals surface area contributed by atoms with Crippen LogP contribution >= 0.6 is 47.8 Å². The smallest absolute Gasteiger partial charge is 0.368 e. The number of H-pyrrole nitrogens is 1. The number of anilines is 2. The van der Waals surface area contributed by atoms with Crippen molar-refractivity contribution in [2.75, 3.05) is 30.4 Å². The zero-order valence-corrected chi connectivity index (χ0v) is 25.5. The Morgan fingerprint density at radius 2 is 1.80 bits per heavy atom. The van der Waals surface area contributed by atoms with Gasteiger partial charge >= 0.3 is 6.18 Å². The number of amides is 1. The lowest BCUT2D eigenvalue weighted by Crippen LogP contribution is -2.55. The van der Waals surface area contributed by atoms with E-state index in [0.717, 1.165) is 17.3 Å². The minimum absolute atomic E-state index is 0. The molecule has 0 spiro atoms. The zero-order valence-electron chi connectivity index (χ0n) is 22.3. The topological polar surface area (TPSA) is 64.3 Å². The number of rotatable bonds is 5. The van der Waals surface area contributed by atoms with Gasteiger partial charge < -0.3 is 15.2 Å². The van der Waals surface area contributed by atoms with Crippen molar-refractivity contribution in [1.29, 1.82) is 0 Å². The molecule has 13 heteroatoms. The summed E-state index contributed by atoms with van der Waals surface area (Å²) in [6.45, 7) is 5.28. The summed E-state index contributed by atoms with van der Waals surface area (Å²) in [6, 6.07) is 10.9. The van der Waals surface area contributed by atoms with Crippen LogP contribution in [0.25, 0.3) is 22.6 Å². The van der Waals surface area contributed by atoms with Crippen LogP contribution in [0.3, 0.4) is 0 Å². The van der Waals surface area contributed by atoms with Gasteiger partial charge in [0.05, 0.1) is 28.0 Å². The number of alkyl halides is 3. The average Bonchev–Trinajstić information content (AvgIpc) is 3.60. The largest absolute Gasteiger partial charge is 0.417 e. The fourth-order valence-electron chi connectivity index (χ4n) is 4.78. The molecule has 220 valence electrons. The molecule has 0 saturated carbocycles. The second-order valence-corrected chi connectivity index (χ2v) is 11.0. The summed E-state index contributed by atoms with van der Waals surface area (Å²) in [5.41, 5.74) is 1.61. The monoisotopic (exact) mass is 645 g/mol. The number of imidazole rings is 1. The van der Waals surface area contributed by atoms with Crippen LogP contribution in [-0.2, 0) is 6.18 Å². The van der Waals surface area contributed by atoms with E-state index in [1.165, 1.54) is 6.07 Å². The number of piperazine rings is 1. The number of carbonyl (C=O) groups excluding carboxylic acids is 1. The molecule has 0 radical (unpaired) electrons. The molecule has 3 heterocycles. The van der Waals surface area contributed by atoms with E-state index in [9.17, 15) is 18.0 Å². The van der Waals surface area contributed by atoms with Gasteiger partial charge in [-0.15, -0.1) is 24.8 Å². The summed E-state index contributed by atoms with van der Waals surface area (Å²) in [5, 5.41) is 6.92. The number of benzene rings is 2. The lowest BCUT2D eigenvalue weighted by Gasteiger charge is -2.43. The van der Waals surface area contributed by atoms with Gasteiger partial charge in [0, 0.05) is 53.1 Å². The lowest BCUT2D eigenvalue weighted by molar-refractivity contribution is -0.137. The molecule has 2 atom stereocenters. The molecule has 5 rings (SSSR count). The second-order valence-electron chi connectivity index (χ2n) is 9.80. The van der Waals surface area contributed by atoms with Crippen molar-refractivity contribution in [1.82, 2.24) is 14.9 Å². The fraction of sp³-hybridized carbons (Fsp3) is 0.286. The van der Waals surface area contributed by atoms with Crippen molar-refractivity contribution in [3.8, 4) is 22.6 Å². The minimum atomic E-state index is -4.70. The number of nitrogens with zero attached hydrogens (tertiary/aromatic N) is 3. The molecule has 2 aromatic heterocycles. The molecule has 1 aliphatic heterocycles. The molecule has 6 nitrogen and oxygen atoms in total. The van der Waals surface area contributed by atoms with Crippen LogP contribution in [0.2, 0.25) is 5.02 Å². The molecule has 1 fully saturated rings. The van der Waals surface area contributed by atoms with E-state index < -0.39 is 23.2 Å². The number of hydrogen-bond donors (Lipinski definition) is 2. The Labute approximate surface area is 257 Å². The maximum Gasteiger partial charge on any atom is 0.417 e. The van der Waals surface area contributed by atoms with Gasteiger partial charge in [-0.3, -0.25) is 9.69 Å². The van der Waals surface area contributed by atoms with Crippen molar-refractivity contribution in [2.24, 2.45) is 0 Å². The Morgan fingerprint density at radius 3 is 2.44 bits per heavy atom. The van der Waals surface area contributed by atoms with E-state index in [1.54, 1.807) is 41.8 Å². The number of hydrogen-bond acceptors (Lipinski definition) is 5. The van der Waals surface area contributed by atoms with Crippen LogP contribution in [0, 0.1) is 0 Å². The van der Waals surface area contributed by atoms with Crippen LogP contribution in [0.4, 0.5) is 24.5 Å². The fourth-order valence-corrected chi connectivity index (χ4v) is 5.65. The maximum atomic E-state index is 14.1. The number of aromatic amines is 1. The van der Waals surface area contributed by atoms with Gasteiger partial charge in [0.25, 0.3) is 5.91 Å². The Bertz CT molecular complexity index is 1480. The summed E-state index contributed by atoms with van der Waals surface area (Å²) >= 11 is 7.95. The number of aromatic nitrogens is 2. The summed E-state index contributed by atoms with van der Waals surface area (Å²) in [6.07, 6.45) is -3.03. The molecule has 1 amide bonds. The van der Waals surface area contributed by atoms with Gasteiger partial charge in [-0.2, -0.15) is 24.5 Å². The van der Waals surface area contributed by atoms with Gasteiger partial charge in [0.1, 0.15) is 5.82 Å². The van der Waals surface area contributed by atoms with Crippen molar-refractivity contribution < 1.29 is 18.0 Å². The normalized spacial score (nSPS) is 17.5. The number of likely N-dealkylation sites (N-methyl/N-ethyl adjacent to an activating group) is 1. The van der Waals surface area contributed by atoms with E-state index in [0.29, 0.717) is 40.9 Å². The maximum absolute atomic E-state index is 14.1. The highest BCUT2D eigenvalue weighted by Gasteiger charge is 2.37. The van der Waals surface area contributed by atoms with Crippen molar-refractivity contribution >= 4 is 65.0 Å². The average molecular weight is 647 g/mol. The number of halogens is 6. The molecular weight excluding hydrogens is 618 g/mol. The molecule has 0 bridgehead atoms. The molecule has 0 aliphatic carbocycles. The quantitative estimate of drug-likeness (QED) is 0.230. The van der Waals surface area contributed by atoms with Gasteiger partial charge in [-0.1, -0.05) is 11.6 Å². The van der Waals surface area contributed by atoms with Crippen LogP contribution in [0.1, 0.15) is 29.8 Å². The Hall–Kier alpha value is -2.76. The summed E-state index contributed by atoms with van der Waals surface area (Å²) in [7, 11) is 2.01. The van der Waals surface area contributed by atoms with E-state index in [4.69, 9.17) is 11.6 Å². The van der Waals surface area contributed by atoms with Crippen molar-refractivity contribution in [3.05, 3.63) is 75.6 Å². The van der Waals surface area contributed by atoms with Gasteiger partial charge in [0.15, 0.2) is 0 Å². The first-order valence-electron chi connectivity index (χ1n) is 12.4. The van der Waals surface area contributed by atoms with Gasteiger partial charge in [-0.25, -0.2) is 4.98 Å². The molecule has 2 N–H and O–H groups in total. The van der Waals surface area contributed by atoms with E-state index in [2.05, 4.69) is 20.2 Å². The first-order valence-corrected chi connectivity index (χ1v) is 13.7. The lowest BCUT2D eigenvalue weighted by atomic mass is 10.0. The Morgan fingerprint density at radius 1 is 1.10 bits per heavy atom. The highest BCUT2D eigenvalue weighted by atomic mass is 35.5. The second kappa shape index (κ2) is 13.0. The minimum Gasteiger partial charge on any atom is -0.368 e. The highest BCUT2D eigenvalue weighted by Crippen LogP contribution is 2.36. The van der Waals surface area contributed by atoms with Crippen LogP contribution < -0.4 is 10.2 Å². The first-order chi connectivity index (χ1) is 18.5. The molecule has 4 aromatic rings. The summed E-state index contributed by atoms with van der Waals surface area (Å²) in [4.78, 5) is 24.9. The third-order valence-corrected chi connectivity index (χ3v) is 8.18. The Balaban J connectivity index is 0.00000231. The first kappa shape index (κ1) is 32.8. The number of nitrogens with one attached hydrogen (secondary N) is 2. The van der Waals surface area contributed by atoms with Crippen LogP contribution in [0.15, 0.2) is 59.4 Å².